The lowest BCUT2D eigenvalue weighted by atomic mass is 9.91. The normalized spacial score (nSPS) is 22.8. The number of hydrogen-bond acceptors (Lipinski definition) is 7. The van der Waals surface area contributed by atoms with Crippen molar-refractivity contribution in [1.82, 2.24) is 14.9 Å². The van der Waals surface area contributed by atoms with Crippen LogP contribution in [0.25, 0.3) is 10.9 Å². The maximum atomic E-state index is 12.9. The van der Waals surface area contributed by atoms with Gasteiger partial charge in [-0.25, -0.2) is 9.97 Å². The maximum Gasteiger partial charge on any atom is 0.261 e. The van der Waals surface area contributed by atoms with Gasteiger partial charge in [-0.3, -0.25) is 14.5 Å². The van der Waals surface area contributed by atoms with E-state index in [2.05, 4.69) is 27.0 Å². The van der Waals surface area contributed by atoms with Crippen LogP contribution < -0.4 is 9.64 Å². The average molecular weight is 459 g/mol. The molecule has 8 heteroatoms. The van der Waals surface area contributed by atoms with Gasteiger partial charge in [0, 0.05) is 37.1 Å². The molecule has 0 unspecified atom stereocenters. The summed E-state index contributed by atoms with van der Waals surface area (Å²) in [6.45, 7) is 3.09. The van der Waals surface area contributed by atoms with Crippen LogP contribution in [0.5, 0.6) is 5.75 Å². The van der Waals surface area contributed by atoms with Crippen LogP contribution in [0.2, 0.25) is 0 Å². The number of carbonyl (C=O) groups excluding carboxylic acids is 2. The number of imide groups is 1. The number of ether oxygens (including phenoxy) is 2. The van der Waals surface area contributed by atoms with E-state index < -0.39 is 0 Å². The Balaban J connectivity index is 1.18. The van der Waals surface area contributed by atoms with Crippen LogP contribution >= 0.6 is 0 Å². The van der Waals surface area contributed by atoms with Gasteiger partial charge < -0.3 is 14.4 Å². The average Bonchev–Trinajstić information content (AvgIpc) is 3.15. The predicted molar refractivity (Wildman–Crippen MR) is 126 cm³/mol. The van der Waals surface area contributed by atoms with Crippen LogP contribution in [-0.4, -0.2) is 65.1 Å². The number of morpholine rings is 1. The number of benzene rings is 2. The summed E-state index contributed by atoms with van der Waals surface area (Å²) in [6.07, 6.45) is 6.37. The number of carbonyl (C=O) groups is 2. The highest BCUT2D eigenvalue weighted by Gasteiger charge is 2.41. The van der Waals surface area contributed by atoms with Crippen molar-refractivity contribution in [3.05, 3.63) is 60.0 Å². The van der Waals surface area contributed by atoms with Crippen molar-refractivity contribution < 1.29 is 19.1 Å². The van der Waals surface area contributed by atoms with Gasteiger partial charge in [0.2, 0.25) is 0 Å². The lowest BCUT2D eigenvalue weighted by Crippen LogP contribution is -2.43. The van der Waals surface area contributed by atoms with Gasteiger partial charge in [0.05, 0.1) is 41.3 Å². The smallest absolute Gasteiger partial charge is 0.261 e. The van der Waals surface area contributed by atoms with Gasteiger partial charge in [0.25, 0.3) is 11.8 Å². The molecule has 1 aliphatic carbocycles. The zero-order chi connectivity index (χ0) is 23.1. The molecule has 1 saturated heterocycles. The Morgan fingerprint density at radius 3 is 2.35 bits per heavy atom. The van der Waals surface area contributed by atoms with Crippen LogP contribution in [0.15, 0.2) is 48.9 Å². The summed E-state index contributed by atoms with van der Waals surface area (Å²) in [5, 5.41) is 0.891. The zero-order valence-electron chi connectivity index (χ0n) is 18.9. The molecular formula is C26H26N4O4. The molecule has 3 heterocycles. The third-order valence-electron chi connectivity index (χ3n) is 7.08. The first-order valence-electron chi connectivity index (χ1n) is 11.9. The highest BCUT2D eigenvalue weighted by molar-refractivity contribution is 6.21. The van der Waals surface area contributed by atoms with E-state index in [0.717, 1.165) is 61.1 Å². The fraction of sp³-hybridized carbons (Fsp3) is 0.385. The molecule has 1 aromatic heterocycles. The fourth-order valence-electron chi connectivity index (χ4n) is 5.28. The third kappa shape index (κ3) is 3.68. The second-order valence-electron chi connectivity index (χ2n) is 9.07. The molecule has 2 aliphatic heterocycles. The highest BCUT2D eigenvalue weighted by Crippen LogP contribution is 2.36. The van der Waals surface area contributed by atoms with Crippen molar-refractivity contribution in [3.8, 4) is 5.75 Å². The molecule has 3 aliphatic rings. The molecule has 3 aromatic rings. The summed E-state index contributed by atoms with van der Waals surface area (Å²) in [7, 11) is 0. The summed E-state index contributed by atoms with van der Waals surface area (Å²) >= 11 is 0. The molecule has 0 N–H and O–H groups in total. The van der Waals surface area contributed by atoms with Crippen molar-refractivity contribution in [2.45, 2.75) is 37.8 Å². The van der Waals surface area contributed by atoms with Gasteiger partial charge in [0.15, 0.2) is 0 Å². The van der Waals surface area contributed by atoms with Crippen molar-refractivity contribution in [3.63, 3.8) is 0 Å². The minimum Gasteiger partial charge on any atom is -0.490 e. The predicted octanol–water partition coefficient (Wildman–Crippen LogP) is 3.45. The first kappa shape index (κ1) is 21.0. The molecular weight excluding hydrogens is 432 g/mol. The molecule has 2 amide bonds. The summed E-state index contributed by atoms with van der Waals surface area (Å²) in [4.78, 5) is 38.1. The summed E-state index contributed by atoms with van der Waals surface area (Å²) in [6, 6.07) is 11.1. The van der Waals surface area contributed by atoms with Gasteiger partial charge >= 0.3 is 0 Å². The van der Waals surface area contributed by atoms with E-state index in [0.29, 0.717) is 24.3 Å². The van der Waals surface area contributed by atoms with E-state index in [-0.39, 0.29) is 24.0 Å². The molecule has 2 fully saturated rings. The van der Waals surface area contributed by atoms with Crippen molar-refractivity contribution in [1.29, 1.82) is 0 Å². The van der Waals surface area contributed by atoms with Crippen molar-refractivity contribution in [2.75, 3.05) is 31.2 Å². The van der Waals surface area contributed by atoms with E-state index in [4.69, 9.17) is 9.47 Å². The highest BCUT2D eigenvalue weighted by atomic mass is 16.5. The number of amides is 2. The summed E-state index contributed by atoms with van der Waals surface area (Å²) in [5.41, 5.74) is 2.95. The number of aromatic nitrogens is 2. The van der Waals surface area contributed by atoms with Gasteiger partial charge in [-0.2, -0.15) is 0 Å². The number of hydrogen-bond donors (Lipinski definition) is 0. The Bertz CT molecular complexity index is 1210. The minimum atomic E-state index is -0.175. The number of nitrogens with zero attached hydrogens (tertiary/aromatic N) is 4. The monoisotopic (exact) mass is 458 g/mol. The van der Waals surface area contributed by atoms with Crippen LogP contribution in [0.1, 0.15) is 46.4 Å². The lowest BCUT2D eigenvalue weighted by Gasteiger charge is -2.34. The quantitative estimate of drug-likeness (QED) is 0.554. The summed E-state index contributed by atoms with van der Waals surface area (Å²) in [5.74, 6) is 0.432. The maximum absolute atomic E-state index is 12.9. The van der Waals surface area contributed by atoms with Crippen LogP contribution in [-0.2, 0) is 4.74 Å². The molecule has 0 spiro atoms. The Labute approximate surface area is 197 Å². The van der Waals surface area contributed by atoms with Crippen LogP contribution in [0.4, 0.5) is 5.69 Å². The van der Waals surface area contributed by atoms with Gasteiger partial charge in [-0.15, -0.1) is 0 Å². The second kappa shape index (κ2) is 8.68. The molecule has 34 heavy (non-hydrogen) atoms. The molecule has 1 saturated carbocycles. The molecule has 0 atom stereocenters. The van der Waals surface area contributed by atoms with Crippen LogP contribution in [0, 0.1) is 0 Å². The van der Waals surface area contributed by atoms with E-state index >= 15 is 0 Å². The Morgan fingerprint density at radius 2 is 1.65 bits per heavy atom. The lowest BCUT2D eigenvalue weighted by molar-refractivity contribution is 0.0480. The first-order chi connectivity index (χ1) is 16.7. The van der Waals surface area contributed by atoms with Crippen molar-refractivity contribution >= 4 is 28.4 Å². The van der Waals surface area contributed by atoms with Gasteiger partial charge in [-0.1, -0.05) is 12.1 Å². The third-order valence-corrected chi connectivity index (χ3v) is 7.08. The zero-order valence-corrected chi connectivity index (χ0v) is 18.9. The second-order valence-corrected chi connectivity index (χ2v) is 9.07. The molecule has 0 radical (unpaired) electrons. The molecule has 0 bridgehead atoms. The minimum absolute atomic E-state index is 0.00905. The molecule has 6 rings (SSSR count). The standard InChI is InChI=1S/C26H26N4O4/c31-25-20-3-1-2-4-21(20)26(32)30(25)17-5-7-19(8-6-17)34-24-14-18(29-9-11-33-12-10-29)13-23-22(24)15-27-16-28-23/h1-4,13-17,19H,5-12H2. The van der Waals surface area contributed by atoms with Crippen molar-refractivity contribution in [2.24, 2.45) is 0 Å². The Hall–Kier alpha value is -3.52. The van der Waals surface area contributed by atoms with E-state index in [9.17, 15) is 9.59 Å². The number of anilines is 1. The first-order valence-corrected chi connectivity index (χ1v) is 11.9. The Kier molecular flexibility index (Phi) is 5.37. The topological polar surface area (TPSA) is 84.9 Å². The summed E-state index contributed by atoms with van der Waals surface area (Å²) < 4.78 is 12.0. The van der Waals surface area contributed by atoms with Gasteiger partial charge in [-0.05, 0) is 43.9 Å². The van der Waals surface area contributed by atoms with Gasteiger partial charge in [0.1, 0.15) is 12.1 Å². The van der Waals surface area contributed by atoms with E-state index in [1.54, 1.807) is 36.8 Å². The molecule has 2 aromatic carbocycles. The molecule has 8 nitrogen and oxygen atoms in total. The Morgan fingerprint density at radius 1 is 0.941 bits per heavy atom. The number of fused-ring (bicyclic) bond motifs is 2. The SMILES string of the molecule is O=C1c2ccccc2C(=O)N1C1CCC(Oc2cc(N3CCOCC3)cc3ncncc23)CC1. The largest absolute Gasteiger partial charge is 0.490 e. The van der Waals surface area contributed by atoms with E-state index in [1.807, 2.05) is 0 Å². The van der Waals surface area contributed by atoms with Crippen LogP contribution in [0.3, 0.4) is 0 Å². The van der Waals surface area contributed by atoms with E-state index in [1.165, 1.54) is 4.90 Å². The molecule has 174 valence electrons. The fourth-order valence-corrected chi connectivity index (χ4v) is 5.28. The number of rotatable bonds is 4.